The van der Waals surface area contributed by atoms with Crippen LogP contribution in [0.3, 0.4) is 0 Å². The van der Waals surface area contributed by atoms with Gasteiger partial charge in [0.2, 0.25) is 5.43 Å². The predicted octanol–water partition coefficient (Wildman–Crippen LogP) is 1.60. The second-order valence-corrected chi connectivity index (χ2v) is 5.81. The van der Waals surface area contributed by atoms with Crippen LogP contribution < -0.4 is 10.7 Å². The second-order valence-electron chi connectivity index (χ2n) is 5.37. The van der Waals surface area contributed by atoms with Crippen LogP contribution >= 0.6 is 11.6 Å². The van der Waals surface area contributed by atoms with Crippen molar-refractivity contribution in [3.8, 4) is 0 Å². The Balaban J connectivity index is 1.75. The molecule has 2 aromatic heterocycles. The standard InChI is InChI=1S/C16H16ClN5O2/c1-21-13-4-3-11(17)9-12(13)15(23)14(20-21)16(24)19-5-2-7-22-8-6-18-10-22/h3-4,6,8-10H,2,5,7H2,1H3,(H,19,24). The Morgan fingerprint density at radius 1 is 1.38 bits per heavy atom. The number of rotatable bonds is 5. The van der Waals surface area contributed by atoms with Crippen LogP contribution in [0.2, 0.25) is 5.02 Å². The first-order valence-corrected chi connectivity index (χ1v) is 7.84. The summed E-state index contributed by atoms with van der Waals surface area (Å²) in [7, 11) is 1.69. The van der Waals surface area contributed by atoms with E-state index in [0.717, 1.165) is 13.0 Å². The minimum Gasteiger partial charge on any atom is -0.350 e. The summed E-state index contributed by atoms with van der Waals surface area (Å²) < 4.78 is 3.43. The highest BCUT2D eigenvalue weighted by atomic mass is 35.5. The van der Waals surface area contributed by atoms with Gasteiger partial charge in [-0.1, -0.05) is 11.6 Å². The molecule has 24 heavy (non-hydrogen) atoms. The number of halogens is 1. The molecule has 0 fully saturated rings. The maximum absolute atomic E-state index is 12.5. The monoisotopic (exact) mass is 345 g/mol. The first kappa shape index (κ1) is 16.2. The summed E-state index contributed by atoms with van der Waals surface area (Å²) in [6.07, 6.45) is 5.99. The third kappa shape index (κ3) is 3.30. The van der Waals surface area contributed by atoms with Crippen LogP contribution in [0, 0.1) is 0 Å². The second kappa shape index (κ2) is 6.84. The van der Waals surface area contributed by atoms with Crippen LogP contribution in [-0.4, -0.2) is 31.8 Å². The van der Waals surface area contributed by atoms with Crippen molar-refractivity contribution in [2.24, 2.45) is 7.05 Å². The number of hydrogen-bond donors (Lipinski definition) is 1. The molecule has 0 aliphatic rings. The Bertz CT molecular complexity index is 934. The topological polar surface area (TPSA) is 81.8 Å². The van der Waals surface area contributed by atoms with E-state index in [9.17, 15) is 9.59 Å². The molecule has 1 N–H and O–H groups in total. The Kier molecular flexibility index (Phi) is 4.61. The molecule has 1 aromatic carbocycles. The normalized spacial score (nSPS) is 10.9. The van der Waals surface area contributed by atoms with Gasteiger partial charge in [-0.25, -0.2) is 4.98 Å². The third-order valence-electron chi connectivity index (χ3n) is 3.67. The minimum atomic E-state index is -0.483. The number of amides is 1. The fourth-order valence-corrected chi connectivity index (χ4v) is 2.64. The van der Waals surface area contributed by atoms with Gasteiger partial charge in [0.15, 0.2) is 5.69 Å². The molecule has 0 unspecified atom stereocenters. The molecule has 0 atom stereocenters. The van der Waals surface area contributed by atoms with Crippen molar-refractivity contribution in [3.05, 3.63) is 57.9 Å². The van der Waals surface area contributed by atoms with E-state index < -0.39 is 11.3 Å². The van der Waals surface area contributed by atoms with E-state index in [0.29, 0.717) is 22.5 Å². The summed E-state index contributed by atoms with van der Waals surface area (Å²) in [5.41, 5.74) is 0.0775. The molecule has 0 bridgehead atoms. The number of nitrogens with zero attached hydrogens (tertiary/aromatic N) is 4. The molecule has 8 heteroatoms. The van der Waals surface area contributed by atoms with Gasteiger partial charge in [-0.05, 0) is 24.6 Å². The van der Waals surface area contributed by atoms with E-state index in [-0.39, 0.29) is 5.69 Å². The summed E-state index contributed by atoms with van der Waals surface area (Å²) in [6, 6.07) is 4.94. The molecule has 1 amide bonds. The van der Waals surface area contributed by atoms with E-state index in [1.54, 1.807) is 37.8 Å². The Morgan fingerprint density at radius 2 is 2.21 bits per heavy atom. The average Bonchev–Trinajstić information content (AvgIpc) is 3.08. The Hall–Kier alpha value is -2.67. The first-order valence-electron chi connectivity index (χ1n) is 7.47. The fraction of sp³-hybridized carbons (Fsp3) is 0.250. The summed E-state index contributed by atoms with van der Waals surface area (Å²) in [6.45, 7) is 1.18. The smallest absolute Gasteiger partial charge is 0.275 e. The summed E-state index contributed by atoms with van der Waals surface area (Å²) in [4.78, 5) is 28.7. The van der Waals surface area contributed by atoms with Crippen molar-refractivity contribution in [1.29, 1.82) is 0 Å². The van der Waals surface area contributed by atoms with Crippen molar-refractivity contribution in [1.82, 2.24) is 24.6 Å². The van der Waals surface area contributed by atoms with Crippen LogP contribution in [0.25, 0.3) is 10.9 Å². The molecule has 7 nitrogen and oxygen atoms in total. The van der Waals surface area contributed by atoms with Gasteiger partial charge in [-0.15, -0.1) is 0 Å². The zero-order valence-corrected chi connectivity index (χ0v) is 13.8. The molecular weight excluding hydrogens is 330 g/mol. The number of aromatic nitrogens is 4. The molecule has 0 spiro atoms. The van der Waals surface area contributed by atoms with Gasteiger partial charge in [-0.2, -0.15) is 5.10 Å². The van der Waals surface area contributed by atoms with Crippen LogP contribution in [0.5, 0.6) is 0 Å². The lowest BCUT2D eigenvalue weighted by molar-refractivity contribution is 0.0945. The van der Waals surface area contributed by atoms with Gasteiger partial charge < -0.3 is 9.88 Å². The van der Waals surface area contributed by atoms with Gasteiger partial charge in [0.1, 0.15) is 0 Å². The number of imidazole rings is 1. The quantitative estimate of drug-likeness (QED) is 0.712. The van der Waals surface area contributed by atoms with E-state index in [4.69, 9.17) is 11.6 Å². The van der Waals surface area contributed by atoms with Gasteiger partial charge in [0.05, 0.1) is 17.2 Å². The zero-order valence-electron chi connectivity index (χ0n) is 13.1. The SMILES string of the molecule is Cn1nc(C(=O)NCCCn2ccnc2)c(=O)c2cc(Cl)ccc21. The highest BCUT2D eigenvalue weighted by Gasteiger charge is 2.16. The van der Waals surface area contributed by atoms with Crippen LogP contribution in [0.1, 0.15) is 16.9 Å². The predicted molar refractivity (Wildman–Crippen MR) is 91.2 cm³/mol. The van der Waals surface area contributed by atoms with E-state index in [1.165, 1.54) is 4.68 Å². The van der Waals surface area contributed by atoms with Crippen molar-refractivity contribution >= 4 is 28.4 Å². The molecule has 0 saturated carbocycles. The highest BCUT2D eigenvalue weighted by molar-refractivity contribution is 6.31. The van der Waals surface area contributed by atoms with Crippen molar-refractivity contribution in [2.45, 2.75) is 13.0 Å². The summed E-state index contributed by atoms with van der Waals surface area (Å²) in [5, 5.41) is 7.64. The van der Waals surface area contributed by atoms with Crippen molar-refractivity contribution in [2.75, 3.05) is 6.54 Å². The molecule has 0 aliphatic heterocycles. The van der Waals surface area contributed by atoms with Gasteiger partial charge in [0.25, 0.3) is 5.91 Å². The summed E-state index contributed by atoms with van der Waals surface area (Å²) >= 11 is 5.95. The van der Waals surface area contributed by atoms with Crippen molar-refractivity contribution < 1.29 is 4.79 Å². The van der Waals surface area contributed by atoms with E-state index in [2.05, 4.69) is 15.4 Å². The molecule has 3 aromatic rings. The van der Waals surface area contributed by atoms with E-state index in [1.807, 2.05) is 10.8 Å². The van der Waals surface area contributed by atoms with Gasteiger partial charge >= 0.3 is 0 Å². The number of aryl methyl sites for hydroxylation is 2. The molecule has 0 saturated heterocycles. The number of carbonyl (C=O) groups is 1. The van der Waals surface area contributed by atoms with Gasteiger partial charge in [-0.3, -0.25) is 14.3 Å². The lowest BCUT2D eigenvalue weighted by atomic mass is 10.2. The summed E-state index contributed by atoms with van der Waals surface area (Å²) in [5.74, 6) is -0.483. The number of nitrogens with one attached hydrogen (secondary N) is 1. The van der Waals surface area contributed by atoms with Crippen LogP contribution in [0.15, 0.2) is 41.7 Å². The lowest BCUT2D eigenvalue weighted by Crippen LogP contribution is -2.32. The number of carbonyl (C=O) groups excluding carboxylic acids is 1. The molecule has 2 heterocycles. The lowest BCUT2D eigenvalue weighted by Gasteiger charge is -2.09. The highest BCUT2D eigenvalue weighted by Crippen LogP contribution is 2.15. The molecule has 124 valence electrons. The molecule has 0 radical (unpaired) electrons. The Labute approximate surface area is 142 Å². The van der Waals surface area contributed by atoms with Gasteiger partial charge in [0, 0.05) is 37.6 Å². The third-order valence-corrected chi connectivity index (χ3v) is 3.90. The largest absolute Gasteiger partial charge is 0.350 e. The van der Waals surface area contributed by atoms with E-state index >= 15 is 0 Å². The first-order chi connectivity index (χ1) is 11.6. The maximum Gasteiger partial charge on any atom is 0.275 e. The Morgan fingerprint density at radius 3 is 2.96 bits per heavy atom. The van der Waals surface area contributed by atoms with Crippen LogP contribution in [-0.2, 0) is 13.6 Å². The zero-order chi connectivity index (χ0) is 17.1. The maximum atomic E-state index is 12.5. The molecule has 0 aliphatic carbocycles. The molecular formula is C16H16ClN5O2. The molecule has 3 rings (SSSR count). The average molecular weight is 346 g/mol. The van der Waals surface area contributed by atoms with Crippen LogP contribution in [0.4, 0.5) is 0 Å². The fourth-order valence-electron chi connectivity index (χ4n) is 2.46. The number of fused-ring (bicyclic) bond motifs is 1. The number of benzene rings is 1. The van der Waals surface area contributed by atoms with Crippen molar-refractivity contribution in [3.63, 3.8) is 0 Å². The number of hydrogen-bond acceptors (Lipinski definition) is 4. The minimum absolute atomic E-state index is 0.130.